The minimum Gasteiger partial charge on any atom is -0.246 e. The summed E-state index contributed by atoms with van der Waals surface area (Å²) < 4.78 is 28.2. The van der Waals surface area contributed by atoms with E-state index in [1.807, 2.05) is 0 Å². The van der Waals surface area contributed by atoms with Crippen LogP contribution >= 0.6 is 0 Å². The zero-order chi connectivity index (χ0) is 5.33. The van der Waals surface area contributed by atoms with Gasteiger partial charge in [0.05, 0.1) is 13.2 Å². The van der Waals surface area contributed by atoms with Crippen molar-refractivity contribution < 1.29 is 16.8 Å². The third-order valence-corrected chi connectivity index (χ3v) is 1.45. The van der Waals surface area contributed by atoms with Crippen LogP contribution in [0.25, 0.3) is 0 Å². The molecule has 0 spiro atoms. The Bertz CT molecular complexity index is 135. The summed E-state index contributed by atoms with van der Waals surface area (Å²) in [4.78, 5) is 0. The lowest BCUT2D eigenvalue weighted by atomic mass is 10.8. The topological polar surface area (TPSA) is 52.6 Å². The van der Waals surface area contributed by atoms with Gasteiger partial charge in [-0.15, -0.1) is 0 Å². The summed E-state index contributed by atoms with van der Waals surface area (Å²) in [5, 5.41) is 0. The van der Waals surface area contributed by atoms with Gasteiger partial charge in [-0.05, 0) is 0 Å². The van der Waals surface area contributed by atoms with Crippen molar-refractivity contribution in [3.05, 3.63) is 0 Å². The maximum Gasteiger partial charge on any atom is 0.400 e. The lowest BCUT2D eigenvalue weighted by Crippen LogP contribution is -1.94. The number of hydrogen-bond acceptors (Lipinski definition) is 4. The molecule has 1 saturated heterocycles. The van der Waals surface area contributed by atoms with Crippen LogP contribution in [0.15, 0.2) is 0 Å². The van der Waals surface area contributed by atoms with Crippen molar-refractivity contribution >= 4 is 10.4 Å². The molecule has 5 heteroatoms. The predicted molar refractivity (Wildman–Crippen MR) is 27.6 cm³/mol. The minimum absolute atomic E-state index is 0. The van der Waals surface area contributed by atoms with Crippen LogP contribution in [0.1, 0.15) is 7.43 Å². The molecule has 0 amide bonds. The van der Waals surface area contributed by atoms with E-state index >= 15 is 0 Å². The van der Waals surface area contributed by atoms with E-state index in [9.17, 15) is 8.42 Å². The highest BCUT2D eigenvalue weighted by atomic mass is 32.3. The molecule has 1 aliphatic heterocycles. The van der Waals surface area contributed by atoms with E-state index in [1.165, 1.54) is 0 Å². The molecular formula is C3H8O4S. The monoisotopic (exact) mass is 140 g/mol. The largest absolute Gasteiger partial charge is 0.400 e. The molecule has 1 fully saturated rings. The maximum absolute atomic E-state index is 9.99. The maximum atomic E-state index is 9.99. The van der Waals surface area contributed by atoms with Crippen molar-refractivity contribution in [3.8, 4) is 0 Å². The van der Waals surface area contributed by atoms with Gasteiger partial charge in [0.25, 0.3) is 0 Å². The Labute approximate surface area is 48.7 Å². The Morgan fingerprint density at radius 1 is 1.12 bits per heavy atom. The van der Waals surface area contributed by atoms with Gasteiger partial charge in [0.2, 0.25) is 0 Å². The van der Waals surface area contributed by atoms with Crippen LogP contribution < -0.4 is 0 Å². The lowest BCUT2D eigenvalue weighted by Gasteiger charge is -1.82. The van der Waals surface area contributed by atoms with Crippen LogP contribution in [-0.2, 0) is 18.8 Å². The molecule has 0 atom stereocenters. The highest BCUT2D eigenvalue weighted by Crippen LogP contribution is 2.02. The normalized spacial score (nSPS) is 24.5. The summed E-state index contributed by atoms with van der Waals surface area (Å²) in [5.41, 5.74) is 0. The molecule has 0 unspecified atom stereocenters. The molecule has 0 aliphatic carbocycles. The van der Waals surface area contributed by atoms with Gasteiger partial charge in [-0.25, -0.2) is 8.37 Å². The minimum atomic E-state index is -3.55. The van der Waals surface area contributed by atoms with Crippen molar-refractivity contribution in [3.63, 3.8) is 0 Å². The van der Waals surface area contributed by atoms with Crippen LogP contribution in [0.5, 0.6) is 0 Å². The fourth-order valence-corrected chi connectivity index (χ4v) is 0.919. The van der Waals surface area contributed by atoms with Crippen molar-refractivity contribution in [1.82, 2.24) is 0 Å². The highest BCUT2D eigenvalue weighted by molar-refractivity contribution is 7.82. The zero-order valence-electron chi connectivity index (χ0n) is 3.46. The Morgan fingerprint density at radius 2 is 1.50 bits per heavy atom. The van der Waals surface area contributed by atoms with Gasteiger partial charge < -0.3 is 0 Å². The van der Waals surface area contributed by atoms with Gasteiger partial charge in [0, 0.05) is 0 Å². The summed E-state index contributed by atoms with van der Waals surface area (Å²) in [7, 11) is -3.55. The molecule has 4 nitrogen and oxygen atoms in total. The summed E-state index contributed by atoms with van der Waals surface area (Å²) >= 11 is 0. The first-order valence-corrected chi connectivity index (χ1v) is 3.08. The van der Waals surface area contributed by atoms with E-state index < -0.39 is 10.4 Å². The second-order valence-electron chi connectivity index (χ2n) is 1.05. The standard InChI is InChI=1S/C2H4O4S.CH4/c3-7(4)5-1-2-6-7;/h1-2H2;1H4. The first kappa shape index (κ1) is 7.87. The molecule has 0 saturated carbocycles. The Hall–Kier alpha value is -0.130. The smallest absolute Gasteiger partial charge is 0.246 e. The van der Waals surface area contributed by atoms with Crippen molar-refractivity contribution in [2.75, 3.05) is 13.2 Å². The van der Waals surface area contributed by atoms with Gasteiger partial charge >= 0.3 is 10.4 Å². The number of rotatable bonds is 0. The number of hydrogen-bond donors (Lipinski definition) is 0. The fraction of sp³-hybridized carbons (Fsp3) is 1.00. The molecule has 0 radical (unpaired) electrons. The predicted octanol–water partition coefficient (Wildman–Crippen LogP) is -0.0859. The first-order valence-electron chi connectivity index (χ1n) is 1.74. The summed E-state index contributed by atoms with van der Waals surface area (Å²) in [6.07, 6.45) is 0. The first-order chi connectivity index (χ1) is 3.21. The molecule has 1 aliphatic rings. The van der Waals surface area contributed by atoms with Crippen molar-refractivity contribution in [1.29, 1.82) is 0 Å². The Kier molecular flexibility index (Phi) is 2.39. The third kappa shape index (κ3) is 1.77. The van der Waals surface area contributed by atoms with Gasteiger partial charge in [-0.1, -0.05) is 7.43 Å². The Balaban J connectivity index is 0.000000490. The lowest BCUT2D eigenvalue weighted by molar-refractivity contribution is 0.360. The third-order valence-electron chi connectivity index (χ3n) is 0.539. The highest BCUT2D eigenvalue weighted by Gasteiger charge is 2.17. The average Bonchev–Trinajstić information content (AvgIpc) is 1.84. The van der Waals surface area contributed by atoms with Crippen LogP contribution in [0.2, 0.25) is 0 Å². The molecule has 0 aromatic carbocycles. The zero-order valence-corrected chi connectivity index (χ0v) is 4.27. The van der Waals surface area contributed by atoms with E-state index in [2.05, 4.69) is 8.37 Å². The van der Waals surface area contributed by atoms with Crippen molar-refractivity contribution in [2.24, 2.45) is 0 Å². The van der Waals surface area contributed by atoms with Crippen LogP contribution in [0.4, 0.5) is 0 Å². The molecule has 50 valence electrons. The quantitative estimate of drug-likeness (QED) is 0.472. The Morgan fingerprint density at radius 3 is 1.62 bits per heavy atom. The van der Waals surface area contributed by atoms with Crippen LogP contribution in [0, 0.1) is 0 Å². The van der Waals surface area contributed by atoms with Crippen molar-refractivity contribution in [2.45, 2.75) is 7.43 Å². The summed E-state index contributed by atoms with van der Waals surface area (Å²) in [5.74, 6) is 0. The van der Waals surface area contributed by atoms with E-state index in [0.717, 1.165) is 0 Å². The van der Waals surface area contributed by atoms with E-state index in [1.54, 1.807) is 0 Å². The molecule has 1 rings (SSSR count). The average molecular weight is 140 g/mol. The van der Waals surface area contributed by atoms with E-state index in [0.29, 0.717) is 0 Å². The molecule has 0 aromatic heterocycles. The van der Waals surface area contributed by atoms with Gasteiger partial charge in [0.1, 0.15) is 0 Å². The van der Waals surface area contributed by atoms with Gasteiger partial charge in [0.15, 0.2) is 0 Å². The van der Waals surface area contributed by atoms with E-state index in [-0.39, 0.29) is 20.6 Å². The van der Waals surface area contributed by atoms with Crippen LogP contribution in [-0.4, -0.2) is 21.6 Å². The molecule has 0 bridgehead atoms. The summed E-state index contributed by atoms with van der Waals surface area (Å²) in [6, 6.07) is 0. The molecule has 0 N–H and O–H groups in total. The molecular weight excluding hydrogens is 132 g/mol. The summed E-state index contributed by atoms with van der Waals surface area (Å²) in [6.45, 7) is 0.310. The van der Waals surface area contributed by atoms with E-state index in [4.69, 9.17) is 0 Å². The molecule has 1 heterocycles. The molecule has 0 aromatic rings. The fourth-order valence-electron chi connectivity index (χ4n) is 0.306. The van der Waals surface area contributed by atoms with Crippen LogP contribution in [0.3, 0.4) is 0 Å². The SMILES string of the molecule is C.O=S1(=O)OCCO1. The second kappa shape index (κ2) is 2.43. The second-order valence-corrected chi connectivity index (χ2v) is 2.34. The van der Waals surface area contributed by atoms with Gasteiger partial charge in [-0.2, -0.15) is 8.42 Å². The van der Waals surface area contributed by atoms with Gasteiger partial charge in [-0.3, -0.25) is 0 Å². The molecule has 8 heavy (non-hydrogen) atoms.